The number of anilines is 1. The average Bonchev–Trinajstić information content (AvgIpc) is 2.96. The summed E-state index contributed by atoms with van der Waals surface area (Å²) >= 11 is 0. The highest BCUT2D eigenvalue weighted by Gasteiger charge is 2.42. The van der Waals surface area contributed by atoms with Gasteiger partial charge in [-0.3, -0.25) is 0 Å². The smallest absolute Gasteiger partial charge is 0.381 e. The summed E-state index contributed by atoms with van der Waals surface area (Å²) in [4.78, 5) is 0. The van der Waals surface area contributed by atoms with E-state index in [1.54, 1.807) is 24.3 Å². The fourth-order valence-corrected chi connectivity index (χ4v) is 2.73. The largest absolute Gasteiger partial charge is 0.409 e. The Kier molecular flexibility index (Phi) is 5.05. The first kappa shape index (κ1) is 19.1. The normalized spacial score (nSPS) is 17.2. The summed E-state index contributed by atoms with van der Waals surface area (Å²) in [6, 6.07) is 5.74. The third-order valence-electron chi connectivity index (χ3n) is 4.13. The second-order valence-electron chi connectivity index (χ2n) is 6.04. The van der Waals surface area contributed by atoms with Crippen molar-refractivity contribution >= 4 is 11.4 Å². The van der Waals surface area contributed by atoms with Gasteiger partial charge in [0.05, 0.1) is 5.70 Å². The van der Waals surface area contributed by atoms with Crippen LogP contribution in [0.25, 0.3) is 5.70 Å². The second-order valence-corrected chi connectivity index (χ2v) is 6.04. The molecule has 27 heavy (non-hydrogen) atoms. The Morgan fingerprint density at radius 3 is 2.15 bits per heavy atom. The number of halogens is 6. The van der Waals surface area contributed by atoms with Gasteiger partial charge in [-0.15, -0.1) is 0 Å². The van der Waals surface area contributed by atoms with Gasteiger partial charge in [0.15, 0.2) is 0 Å². The Morgan fingerprint density at radius 2 is 1.63 bits per heavy atom. The quantitative estimate of drug-likeness (QED) is 0.760. The van der Waals surface area contributed by atoms with E-state index in [-0.39, 0.29) is 12.1 Å². The standard InChI is InChI=1S/C18H15F6N3/c1-27-16(8-17(26-27)18(22,23)24)10-2-4-12(5-3-10)25-9-13-14(20)6-11(19)7-15(13)21/h2-8,17,25-26H,9H2,1H3. The molecule has 0 saturated carbocycles. The van der Waals surface area contributed by atoms with Crippen LogP contribution in [0.4, 0.5) is 32.0 Å². The van der Waals surface area contributed by atoms with Crippen LogP contribution in [0.2, 0.25) is 0 Å². The minimum atomic E-state index is -4.40. The van der Waals surface area contributed by atoms with E-state index in [1.165, 1.54) is 12.1 Å². The molecule has 2 N–H and O–H groups in total. The highest BCUT2D eigenvalue weighted by molar-refractivity contribution is 5.68. The van der Waals surface area contributed by atoms with Crippen molar-refractivity contribution in [3.8, 4) is 0 Å². The number of hydrogen-bond acceptors (Lipinski definition) is 3. The molecular weight excluding hydrogens is 372 g/mol. The number of rotatable bonds is 4. The Bertz CT molecular complexity index is 837. The van der Waals surface area contributed by atoms with Gasteiger partial charge in [0.25, 0.3) is 0 Å². The van der Waals surface area contributed by atoms with E-state index < -0.39 is 29.7 Å². The Labute approximate surface area is 151 Å². The van der Waals surface area contributed by atoms with Crippen molar-refractivity contribution in [1.29, 1.82) is 0 Å². The molecule has 0 fully saturated rings. The van der Waals surface area contributed by atoms with Gasteiger partial charge in [0.1, 0.15) is 23.5 Å². The SMILES string of the molecule is CN1NC(C(F)(F)F)C=C1c1ccc(NCc2c(F)cc(F)cc2F)cc1. The molecule has 0 saturated heterocycles. The number of nitrogens with one attached hydrogen (secondary N) is 2. The van der Waals surface area contributed by atoms with Crippen molar-refractivity contribution in [2.45, 2.75) is 18.8 Å². The van der Waals surface area contributed by atoms with Crippen LogP contribution in [0, 0.1) is 17.5 Å². The van der Waals surface area contributed by atoms with Crippen molar-refractivity contribution in [2.24, 2.45) is 0 Å². The molecule has 2 aromatic carbocycles. The molecule has 0 bridgehead atoms. The summed E-state index contributed by atoms with van der Waals surface area (Å²) < 4.78 is 78.6. The van der Waals surface area contributed by atoms with Crippen LogP contribution in [0.5, 0.6) is 0 Å². The van der Waals surface area contributed by atoms with E-state index in [9.17, 15) is 26.3 Å². The average molecular weight is 387 g/mol. The molecular formula is C18H15F6N3. The zero-order chi connectivity index (χ0) is 19.8. The molecule has 3 nitrogen and oxygen atoms in total. The molecule has 0 spiro atoms. The lowest BCUT2D eigenvalue weighted by atomic mass is 10.1. The lowest BCUT2D eigenvalue weighted by Gasteiger charge is -2.20. The van der Waals surface area contributed by atoms with Crippen molar-refractivity contribution in [3.05, 3.63) is 71.1 Å². The number of alkyl halides is 3. The van der Waals surface area contributed by atoms with E-state index in [4.69, 9.17) is 0 Å². The van der Waals surface area contributed by atoms with Gasteiger partial charge in [0, 0.05) is 37.0 Å². The topological polar surface area (TPSA) is 27.3 Å². The first-order valence-corrected chi connectivity index (χ1v) is 7.91. The lowest BCUT2D eigenvalue weighted by molar-refractivity contribution is -0.148. The van der Waals surface area contributed by atoms with Gasteiger partial charge >= 0.3 is 6.18 Å². The first-order chi connectivity index (χ1) is 12.6. The third kappa shape index (κ3) is 4.19. The molecule has 0 radical (unpaired) electrons. The molecule has 1 unspecified atom stereocenters. The van der Waals surface area contributed by atoms with Crippen molar-refractivity contribution < 1.29 is 26.3 Å². The minimum Gasteiger partial charge on any atom is -0.381 e. The summed E-state index contributed by atoms with van der Waals surface area (Å²) in [5.41, 5.74) is 3.40. The van der Waals surface area contributed by atoms with Gasteiger partial charge in [-0.05, 0) is 23.8 Å². The van der Waals surface area contributed by atoms with Crippen LogP contribution in [-0.4, -0.2) is 24.3 Å². The summed E-state index contributed by atoms with van der Waals surface area (Å²) in [6.45, 7) is -0.211. The Balaban J connectivity index is 1.71. The van der Waals surface area contributed by atoms with E-state index in [1.807, 2.05) is 0 Å². The molecule has 1 atom stereocenters. The summed E-state index contributed by atoms with van der Waals surface area (Å²) in [6.07, 6.45) is -3.33. The van der Waals surface area contributed by atoms with E-state index in [2.05, 4.69) is 10.7 Å². The minimum absolute atomic E-state index is 0.211. The van der Waals surface area contributed by atoms with Crippen LogP contribution in [-0.2, 0) is 6.54 Å². The molecule has 3 rings (SSSR count). The molecule has 0 aromatic heterocycles. The van der Waals surface area contributed by atoms with Gasteiger partial charge < -0.3 is 10.3 Å². The summed E-state index contributed by atoms with van der Waals surface area (Å²) in [5.74, 6) is -3.00. The van der Waals surface area contributed by atoms with Crippen LogP contribution in [0.15, 0.2) is 42.5 Å². The highest BCUT2D eigenvalue weighted by atomic mass is 19.4. The zero-order valence-corrected chi connectivity index (χ0v) is 14.0. The van der Waals surface area contributed by atoms with Gasteiger partial charge in [-0.1, -0.05) is 12.1 Å². The molecule has 144 valence electrons. The van der Waals surface area contributed by atoms with Gasteiger partial charge in [-0.2, -0.15) is 13.2 Å². The van der Waals surface area contributed by atoms with Crippen LogP contribution in [0.3, 0.4) is 0 Å². The monoisotopic (exact) mass is 387 g/mol. The van der Waals surface area contributed by atoms with Crippen LogP contribution in [0.1, 0.15) is 11.1 Å². The first-order valence-electron chi connectivity index (χ1n) is 7.91. The van der Waals surface area contributed by atoms with Crippen molar-refractivity contribution in [1.82, 2.24) is 10.4 Å². The zero-order valence-electron chi connectivity index (χ0n) is 14.0. The fourth-order valence-electron chi connectivity index (χ4n) is 2.73. The maximum atomic E-state index is 13.6. The number of benzene rings is 2. The van der Waals surface area contributed by atoms with Gasteiger partial charge in [-0.25, -0.2) is 18.6 Å². The molecule has 0 amide bonds. The van der Waals surface area contributed by atoms with E-state index >= 15 is 0 Å². The number of hydrazine groups is 1. The maximum absolute atomic E-state index is 13.6. The molecule has 1 aliphatic heterocycles. The summed E-state index contributed by atoms with van der Waals surface area (Å²) in [7, 11) is 1.48. The predicted octanol–water partition coefficient (Wildman–Crippen LogP) is 4.44. The lowest BCUT2D eigenvalue weighted by Crippen LogP contribution is -2.42. The van der Waals surface area contributed by atoms with Crippen molar-refractivity contribution in [3.63, 3.8) is 0 Å². The maximum Gasteiger partial charge on any atom is 0.409 e. The highest BCUT2D eigenvalue weighted by Crippen LogP contribution is 2.31. The number of hydrogen-bond donors (Lipinski definition) is 2. The number of nitrogens with zero attached hydrogens (tertiary/aromatic N) is 1. The van der Waals surface area contributed by atoms with Crippen LogP contribution >= 0.6 is 0 Å². The van der Waals surface area contributed by atoms with E-state index in [0.29, 0.717) is 29.1 Å². The van der Waals surface area contributed by atoms with Crippen LogP contribution < -0.4 is 10.7 Å². The second kappa shape index (κ2) is 7.15. The molecule has 2 aromatic rings. The fraction of sp³-hybridized carbons (Fsp3) is 0.222. The summed E-state index contributed by atoms with van der Waals surface area (Å²) in [5, 5.41) is 4.07. The Hall–Kier alpha value is -2.68. The molecule has 0 aliphatic carbocycles. The molecule has 9 heteroatoms. The van der Waals surface area contributed by atoms with Crippen molar-refractivity contribution in [2.75, 3.05) is 12.4 Å². The molecule has 1 aliphatic rings. The third-order valence-corrected chi connectivity index (χ3v) is 4.13. The molecule has 1 heterocycles. The predicted molar refractivity (Wildman–Crippen MR) is 88.8 cm³/mol. The Morgan fingerprint density at radius 1 is 1.04 bits per heavy atom. The van der Waals surface area contributed by atoms with E-state index in [0.717, 1.165) is 6.08 Å². The van der Waals surface area contributed by atoms with Gasteiger partial charge in [0.2, 0.25) is 0 Å².